The Kier molecular flexibility index (Phi) is 6.67. The molecule has 36 heavy (non-hydrogen) atoms. The highest BCUT2D eigenvalue weighted by Gasteiger charge is 2.41. The highest BCUT2D eigenvalue weighted by atomic mass is 16.5. The van der Waals surface area contributed by atoms with Crippen LogP contribution < -0.4 is 19.4 Å². The molecule has 6 heteroatoms. The lowest BCUT2D eigenvalue weighted by atomic mass is 10.1. The number of hydrogen-bond donors (Lipinski definition) is 0. The third-order valence-electron chi connectivity index (χ3n) is 6.01. The largest absolute Gasteiger partial charge is 0.493 e. The van der Waals surface area contributed by atoms with Gasteiger partial charge in [0.2, 0.25) is 0 Å². The highest BCUT2D eigenvalue weighted by molar-refractivity contribution is 6.44. The Morgan fingerprint density at radius 2 is 1.42 bits per heavy atom. The molecule has 0 amide bonds. The van der Waals surface area contributed by atoms with E-state index < -0.39 is 6.17 Å². The van der Waals surface area contributed by atoms with Gasteiger partial charge in [-0.05, 0) is 35.9 Å². The molecule has 0 unspecified atom stereocenters. The Morgan fingerprint density at radius 1 is 0.806 bits per heavy atom. The second-order valence-corrected chi connectivity index (χ2v) is 8.39. The number of ether oxygens (including phenoxy) is 2. The number of carbonyl (C=O) groups excluding carboxylic acids is 1. The van der Waals surface area contributed by atoms with Gasteiger partial charge < -0.3 is 9.47 Å². The van der Waals surface area contributed by atoms with Crippen molar-refractivity contribution in [3.8, 4) is 11.5 Å². The Labute approximate surface area is 211 Å². The predicted octanol–water partition coefficient (Wildman–Crippen LogP) is 6.20. The van der Waals surface area contributed by atoms with Gasteiger partial charge in [0, 0.05) is 18.2 Å². The molecule has 0 N–H and O–H groups in total. The lowest BCUT2D eigenvalue weighted by Gasteiger charge is -2.33. The maximum atomic E-state index is 12.8. The molecule has 0 bridgehead atoms. The van der Waals surface area contributed by atoms with E-state index in [-0.39, 0.29) is 5.78 Å². The number of rotatable bonds is 8. The first-order chi connectivity index (χ1) is 17.7. The lowest BCUT2D eigenvalue weighted by molar-refractivity contribution is -0.111. The molecular weight excluding hydrogens is 450 g/mol. The Morgan fingerprint density at radius 3 is 2.03 bits per heavy atom. The van der Waals surface area contributed by atoms with E-state index in [4.69, 9.17) is 14.6 Å². The first kappa shape index (κ1) is 23.2. The van der Waals surface area contributed by atoms with E-state index in [2.05, 4.69) is 0 Å². The number of hydrazone groups is 1. The molecule has 1 aliphatic rings. The van der Waals surface area contributed by atoms with Crippen molar-refractivity contribution in [2.45, 2.75) is 19.7 Å². The van der Waals surface area contributed by atoms with Crippen molar-refractivity contribution in [3.05, 3.63) is 120 Å². The Bertz CT molecular complexity index is 1360. The second kappa shape index (κ2) is 10.4. The van der Waals surface area contributed by atoms with Crippen molar-refractivity contribution in [2.75, 3.05) is 17.0 Å². The van der Waals surface area contributed by atoms with Crippen molar-refractivity contribution in [3.63, 3.8) is 0 Å². The number of carbonyl (C=O) groups is 1. The van der Waals surface area contributed by atoms with Crippen molar-refractivity contribution in [2.24, 2.45) is 5.10 Å². The summed E-state index contributed by atoms with van der Waals surface area (Å²) >= 11 is 0. The smallest absolute Gasteiger partial charge is 0.198 e. The van der Waals surface area contributed by atoms with E-state index in [1.165, 1.54) is 0 Å². The van der Waals surface area contributed by atoms with Gasteiger partial charge >= 0.3 is 0 Å². The van der Waals surface area contributed by atoms with Crippen LogP contribution in [0.1, 0.15) is 24.2 Å². The summed E-state index contributed by atoms with van der Waals surface area (Å²) in [6.45, 7) is 1.91. The van der Waals surface area contributed by atoms with E-state index in [0.717, 1.165) is 22.5 Å². The quantitative estimate of drug-likeness (QED) is 0.302. The van der Waals surface area contributed by atoms with E-state index >= 15 is 0 Å². The molecule has 0 aromatic heterocycles. The highest BCUT2D eigenvalue weighted by Crippen LogP contribution is 2.45. The zero-order chi connectivity index (χ0) is 24.9. The van der Waals surface area contributed by atoms with Gasteiger partial charge in [-0.25, -0.2) is 5.01 Å². The maximum Gasteiger partial charge on any atom is 0.198 e. The van der Waals surface area contributed by atoms with Crippen molar-refractivity contribution < 1.29 is 14.3 Å². The molecule has 0 saturated carbocycles. The zero-order valence-electron chi connectivity index (χ0n) is 20.2. The van der Waals surface area contributed by atoms with Crippen LogP contribution in [0.25, 0.3) is 0 Å². The molecule has 0 radical (unpaired) electrons. The van der Waals surface area contributed by atoms with Gasteiger partial charge in [0.05, 0.1) is 12.8 Å². The first-order valence-electron chi connectivity index (χ1n) is 11.8. The minimum Gasteiger partial charge on any atom is -0.493 e. The molecule has 5 rings (SSSR count). The van der Waals surface area contributed by atoms with E-state index in [1.54, 1.807) is 14.0 Å². The van der Waals surface area contributed by atoms with Crippen LogP contribution in [0.2, 0.25) is 0 Å². The summed E-state index contributed by atoms with van der Waals surface area (Å²) in [5, 5.41) is 6.69. The lowest BCUT2D eigenvalue weighted by Crippen LogP contribution is -2.38. The van der Waals surface area contributed by atoms with Crippen molar-refractivity contribution in [1.82, 2.24) is 0 Å². The summed E-state index contributed by atoms with van der Waals surface area (Å²) in [5.41, 5.74) is 3.59. The number of nitrogens with zero attached hydrogens (tertiary/aromatic N) is 3. The van der Waals surface area contributed by atoms with Gasteiger partial charge in [0.25, 0.3) is 0 Å². The van der Waals surface area contributed by atoms with E-state index in [1.807, 2.05) is 119 Å². The van der Waals surface area contributed by atoms with Crippen LogP contribution in [0.3, 0.4) is 0 Å². The molecule has 180 valence electrons. The number of para-hydroxylation sites is 3. The average Bonchev–Trinajstić information content (AvgIpc) is 3.34. The van der Waals surface area contributed by atoms with Crippen LogP contribution >= 0.6 is 0 Å². The van der Waals surface area contributed by atoms with Gasteiger partial charge in [-0.15, -0.1) is 5.10 Å². The normalized spacial score (nSPS) is 14.9. The number of hydrogen-bond acceptors (Lipinski definition) is 6. The zero-order valence-corrected chi connectivity index (χ0v) is 20.2. The standard InChI is InChI=1S/C30H27N3O3/c1-22(34)29-31-33(25-17-10-5-11-18-25)30(32(29)24-15-8-4-9-16-24)26-19-12-20-27(35-2)28(26)36-21-23-13-6-3-7-14-23/h3-20,30H,21H2,1-2H3/t30-/m0/s1. The summed E-state index contributed by atoms with van der Waals surface area (Å²) in [7, 11) is 1.63. The van der Waals surface area contributed by atoms with Crippen molar-refractivity contribution >= 4 is 23.0 Å². The molecule has 0 spiro atoms. The van der Waals surface area contributed by atoms with E-state index in [0.29, 0.717) is 23.9 Å². The molecule has 0 saturated heterocycles. The summed E-state index contributed by atoms with van der Waals surface area (Å²) in [5.74, 6) is 1.44. The number of anilines is 2. The molecule has 0 aliphatic carbocycles. The second-order valence-electron chi connectivity index (χ2n) is 8.39. The summed E-state index contributed by atoms with van der Waals surface area (Å²) in [6, 6.07) is 35.4. The third kappa shape index (κ3) is 4.53. The van der Waals surface area contributed by atoms with Gasteiger partial charge in [-0.3, -0.25) is 9.69 Å². The average molecular weight is 478 g/mol. The maximum absolute atomic E-state index is 12.8. The monoisotopic (exact) mass is 477 g/mol. The molecular formula is C30H27N3O3. The van der Waals surface area contributed by atoms with Gasteiger partial charge in [-0.2, -0.15) is 0 Å². The molecule has 1 atom stereocenters. The minimum absolute atomic E-state index is 0.128. The van der Waals surface area contributed by atoms with E-state index in [9.17, 15) is 4.79 Å². The fourth-order valence-electron chi connectivity index (χ4n) is 4.35. The summed E-state index contributed by atoms with van der Waals surface area (Å²) in [6.07, 6.45) is -0.477. The predicted molar refractivity (Wildman–Crippen MR) is 142 cm³/mol. The van der Waals surface area contributed by atoms with Crippen LogP contribution in [0.5, 0.6) is 11.5 Å². The first-order valence-corrected chi connectivity index (χ1v) is 11.8. The SMILES string of the molecule is COc1cccc([C@@H]2N(c3ccccc3)N=C(C(C)=O)N2c2ccccc2)c1OCc1ccccc1. The number of methoxy groups -OCH3 is 1. The van der Waals surface area contributed by atoms with Crippen LogP contribution in [0, 0.1) is 0 Å². The van der Waals surface area contributed by atoms with Crippen LogP contribution in [0.4, 0.5) is 11.4 Å². The third-order valence-corrected chi connectivity index (χ3v) is 6.01. The van der Waals surface area contributed by atoms with Gasteiger partial charge in [0.15, 0.2) is 29.3 Å². The Balaban J connectivity index is 1.67. The van der Waals surface area contributed by atoms with Gasteiger partial charge in [0.1, 0.15) is 6.61 Å². The Hall–Kier alpha value is -4.58. The number of Topliss-reactive ketones (excluding diaryl/α,β-unsaturated/α-hetero) is 1. The minimum atomic E-state index is -0.477. The number of amidine groups is 1. The molecule has 4 aromatic rings. The van der Waals surface area contributed by atoms with Crippen LogP contribution in [-0.4, -0.2) is 18.7 Å². The summed E-state index contributed by atoms with van der Waals surface area (Å²) < 4.78 is 12.1. The van der Waals surface area contributed by atoms with Crippen LogP contribution in [-0.2, 0) is 11.4 Å². The molecule has 0 fully saturated rings. The van der Waals surface area contributed by atoms with Crippen molar-refractivity contribution in [1.29, 1.82) is 0 Å². The summed E-state index contributed by atoms with van der Waals surface area (Å²) in [4.78, 5) is 14.8. The molecule has 1 aliphatic heterocycles. The van der Waals surface area contributed by atoms with Crippen LogP contribution in [0.15, 0.2) is 114 Å². The fraction of sp³-hybridized carbons (Fsp3) is 0.133. The number of benzene rings is 4. The molecule has 6 nitrogen and oxygen atoms in total. The molecule has 1 heterocycles. The molecule has 4 aromatic carbocycles. The number of ketones is 1. The topological polar surface area (TPSA) is 54.4 Å². The van der Waals surface area contributed by atoms with Gasteiger partial charge in [-0.1, -0.05) is 78.9 Å². The fourth-order valence-corrected chi connectivity index (χ4v) is 4.35.